The van der Waals surface area contributed by atoms with E-state index >= 15 is 0 Å². The third-order valence-corrected chi connectivity index (χ3v) is 5.18. The van der Waals surface area contributed by atoms with Crippen LogP contribution >= 0.6 is 0 Å². The lowest BCUT2D eigenvalue weighted by Gasteiger charge is -2.29. The first-order valence-electron chi connectivity index (χ1n) is 9.40. The van der Waals surface area contributed by atoms with Gasteiger partial charge in [0, 0.05) is 38.6 Å². The first-order chi connectivity index (χ1) is 13.8. The van der Waals surface area contributed by atoms with Gasteiger partial charge < -0.3 is 15.5 Å². The Bertz CT molecular complexity index is 978. The molecule has 0 saturated carbocycles. The zero-order valence-corrected chi connectivity index (χ0v) is 15.4. The van der Waals surface area contributed by atoms with Gasteiger partial charge in [-0.3, -0.25) is 4.79 Å². The molecule has 2 aromatic heterocycles. The number of rotatable bonds is 4. The fourth-order valence-corrected chi connectivity index (χ4v) is 3.74. The van der Waals surface area contributed by atoms with E-state index in [-0.39, 0.29) is 5.91 Å². The molecule has 5 rings (SSSR count). The summed E-state index contributed by atoms with van der Waals surface area (Å²) in [6.07, 6.45) is 6.95. The molecular weight excluding hydrogens is 354 g/mol. The van der Waals surface area contributed by atoms with Crippen molar-refractivity contribution in [2.75, 3.05) is 41.4 Å². The van der Waals surface area contributed by atoms with E-state index in [0.29, 0.717) is 12.1 Å². The van der Waals surface area contributed by atoms with Crippen LogP contribution in [0.1, 0.15) is 15.9 Å². The maximum atomic E-state index is 13.0. The Balaban J connectivity index is 1.37. The fraction of sp³-hybridized carbons (Fsp3) is 0.250. The number of anilines is 3. The van der Waals surface area contributed by atoms with Crippen LogP contribution in [-0.2, 0) is 6.54 Å². The van der Waals surface area contributed by atoms with Crippen LogP contribution < -0.4 is 20.5 Å². The molecule has 0 atom stereocenters. The minimum absolute atomic E-state index is 0.0477. The van der Waals surface area contributed by atoms with Gasteiger partial charge in [0.15, 0.2) is 0 Å². The smallest absolute Gasteiger partial charge is 0.275 e. The highest BCUT2D eigenvalue weighted by molar-refractivity contribution is 6.10. The number of pyridine rings is 1. The molecule has 2 N–H and O–H groups in total. The number of nitrogens with zero attached hydrogens (tertiary/aromatic N) is 5. The second kappa shape index (κ2) is 6.97. The highest BCUT2D eigenvalue weighted by Crippen LogP contribution is 2.30. The monoisotopic (exact) mass is 375 g/mol. The Labute approximate surface area is 162 Å². The second-order valence-electron chi connectivity index (χ2n) is 6.91. The summed E-state index contributed by atoms with van der Waals surface area (Å²) < 4.78 is 1.71. The van der Waals surface area contributed by atoms with E-state index < -0.39 is 0 Å². The minimum Gasteiger partial charge on any atom is -0.368 e. The number of aromatic nitrogens is 3. The van der Waals surface area contributed by atoms with Crippen LogP contribution in [0.3, 0.4) is 0 Å². The normalized spacial score (nSPS) is 16.4. The molecule has 0 spiro atoms. The molecule has 1 amide bonds. The van der Waals surface area contributed by atoms with Gasteiger partial charge in [-0.2, -0.15) is 0 Å². The lowest BCUT2D eigenvalue weighted by atomic mass is 10.1. The van der Waals surface area contributed by atoms with Crippen molar-refractivity contribution in [1.29, 1.82) is 0 Å². The lowest BCUT2D eigenvalue weighted by molar-refractivity contribution is 0.0971. The summed E-state index contributed by atoms with van der Waals surface area (Å²) in [6.45, 7) is 4.48. The van der Waals surface area contributed by atoms with Gasteiger partial charge in [0.05, 0.1) is 29.7 Å². The van der Waals surface area contributed by atoms with E-state index in [1.54, 1.807) is 28.4 Å². The first-order valence-corrected chi connectivity index (χ1v) is 9.40. The molecule has 1 fully saturated rings. The van der Waals surface area contributed by atoms with E-state index in [1.807, 2.05) is 30.5 Å². The number of hydrogen-bond acceptors (Lipinski definition) is 6. The largest absolute Gasteiger partial charge is 0.368 e. The van der Waals surface area contributed by atoms with Crippen molar-refractivity contribution in [1.82, 2.24) is 20.0 Å². The summed E-state index contributed by atoms with van der Waals surface area (Å²) in [5.41, 5.74) is 3.56. The molecule has 0 unspecified atom stereocenters. The van der Waals surface area contributed by atoms with Crippen molar-refractivity contribution in [2.45, 2.75) is 6.54 Å². The molecule has 0 aliphatic carbocycles. The lowest BCUT2D eigenvalue weighted by Crippen LogP contribution is -2.43. The zero-order valence-electron chi connectivity index (χ0n) is 15.4. The molecule has 2 aliphatic heterocycles. The zero-order chi connectivity index (χ0) is 18.9. The molecular formula is C20H21N7O. The van der Waals surface area contributed by atoms with Gasteiger partial charge in [-0.15, -0.1) is 0 Å². The minimum atomic E-state index is -0.0477. The average Bonchev–Trinajstić information content (AvgIpc) is 3.38. The number of fused-ring (bicyclic) bond motifs is 1. The maximum Gasteiger partial charge on any atom is 0.275 e. The van der Waals surface area contributed by atoms with Gasteiger partial charge in [0.2, 0.25) is 0 Å². The molecule has 2 aliphatic rings. The van der Waals surface area contributed by atoms with Crippen molar-refractivity contribution in [3.63, 3.8) is 0 Å². The van der Waals surface area contributed by atoms with E-state index in [4.69, 9.17) is 0 Å². The van der Waals surface area contributed by atoms with Crippen molar-refractivity contribution >= 4 is 23.1 Å². The van der Waals surface area contributed by atoms with Crippen LogP contribution in [-0.4, -0.2) is 46.7 Å². The topological polar surface area (TPSA) is 78.3 Å². The van der Waals surface area contributed by atoms with Crippen molar-refractivity contribution in [2.24, 2.45) is 0 Å². The number of benzene rings is 1. The predicted molar refractivity (Wildman–Crippen MR) is 108 cm³/mol. The van der Waals surface area contributed by atoms with Crippen LogP contribution in [0, 0.1) is 0 Å². The van der Waals surface area contributed by atoms with Gasteiger partial charge in [-0.1, -0.05) is 12.1 Å². The molecule has 1 aromatic carbocycles. The number of amides is 1. The van der Waals surface area contributed by atoms with Gasteiger partial charge >= 0.3 is 0 Å². The highest BCUT2D eigenvalue weighted by Gasteiger charge is 2.31. The number of piperazine rings is 1. The standard InChI is InChI=1S/C20H21N7O/c28-20-19-15(13-27(20)26-11-8-22-14-26)2-1-3-17(19)24-18-5-4-16(12-23-18)25-9-6-21-7-10-25/h1-5,8,11-12,14,21H,6-7,9-10,13H2,(H,23,24). The molecule has 0 bridgehead atoms. The van der Waals surface area contributed by atoms with E-state index in [1.165, 1.54) is 0 Å². The summed E-state index contributed by atoms with van der Waals surface area (Å²) in [7, 11) is 0. The molecule has 3 aromatic rings. The molecule has 142 valence electrons. The van der Waals surface area contributed by atoms with Gasteiger partial charge in [0.1, 0.15) is 12.1 Å². The van der Waals surface area contributed by atoms with Crippen molar-refractivity contribution in [3.05, 3.63) is 66.4 Å². The number of hydrogen-bond donors (Lipinski definition) is 2. The van der Waals surface area contributed by atoms with E-state index in [0.717, 1.165) is 48.9 Å². The Morgan fingerprint density at radius 3 is 2.75 bits per heavy atom. The van der Waals surface area contributed by atoms with Crippen molar-refractivity contribution in [3.8, 4) is 0 Å². The van der Waals surface area contributed by atoms with Crippen LogP contribution in [0.25, 0.3) is 0 Å². The summed E-state index contributed by atoms with van der Waals surface area (Å²) in [4.78, 5) is 23.9. The molecule has 8 heteroatoms. The third-order valence-electron chi connectivity index (χ3n) is 5.18. The Morgan fingerprint density at radius 2 is 2.00 bits per heavy atom. The fourth-order valence-electron chi connectivity index (χ4n) is 3.74. The van der Waals surface area contributed by atoms with Crippen LogP contribution in [0.5, 0.6) is 0 Å². The van der Waals surface area contributed by atoms with Crippen LogP contribution in [0.2, 0.25) is 0 Å². The van der Waals surface area contributed by atoms with Gasteiger partial charge in [-0.25, -0.2) is 19.7 Å². The molecule has 4 heterocycles. The van der Waals surface area contributed by atoms with E-state index in [9.17, 15) is 4.79 Å². The quantitative estimate of drug-likeness (QED) is 0.723. The summed E-state index contributed by atoms with van der Waals surface area (Å²) >= 11 is 0. The SMILES string of the molecule is O=C1c2c(cccc2Nc2ccc(N3CCNCC3)cn2)CN1n1ccnc1. The predicted octanol–water partition coefficient (Wildman–Crippen LogP) is 1.72. The molecule has 8 nitrogen and oxygen atoms in total. The van der Waals surface area contributed by atoms with Crippen molar-refractivity contribution < 1.29 is 4.79 Å². The summed E-state index contributed by atoms with van der Waals surface area (Å²) in [6, 6.07) is 9.89. The molecule has 28 heavy (non-hydrogen) atoms. The van der Waals surface area contributed by atoms with E-state index in [2.05, 4.69) is 31.6 Å². The average molecular weight is 375 g/mol. The Morgan fingerprint density at radius 1 is 1.11 bits per heavy atom. The molecule has 1 saturated heterocycles. The Kier molecular flexibility index (Phi) is 4.17. The third kappa shape index (κ3) is 2.97. The summed E-state index contributed by atoms with van der Waals surface area (Å²) in [5, 5.41) is 8.34. The van der Waals surface area contributed by atoms with Gasteiger partial charge in [-0.05, 0) is 23.8 Å². The highest BCUT2D eigenvalue weighted by atomic mass is 16.2. The first kappa shape index (κ1) is 16.8. The maximum absolute atomic E-state index is 13.0. The Hall–Kier alpha value is -3.39. The number of imidazole rings is 1. The molecule has 0 radical (unpaired) electrons. The number of carbonyl (C=O) groups excluding carboxylic acids is 1. The van der Waals surface area contributed by atoms with Crippen LogP contribution in [0.4, 0.5) is 17.2 Å². The van der Waals surface area contributed by atoms with Crippen LogP contribution in [0.15, 0.2) is 55.2 Å². The van der Waals surface area contributed by atoms with Gasteiger partial charge in [0.25, 0.3) is 5.91 Å². The number of carbonyl (C=O) groups is 1. The second-order valence-corrected chi connectivity index (χ2v) is 6.91. The number of nitrogens with one attached hydrogen (secondary N) is 2. The summed E-state index contributed by atoms with van der Waals surface area (Å²) in [5.74, 6) is 0.676.